The first kappa shape index (κ1) is 11.1. The van der Waals surface area contributed by atoms with Crippen molar-refractivity contribution in [2.24, 2.45) is 0 Å². The van der Waals surface area contributed by atoms with Crippen LogP contribution in [0, 0.1) is 0 Å². The fourth-order valence-corrected chi connectivity index (χ4v) is 1.59. The summed E-state index contributed by atoms with van der Waals surface area (Å²) in [6, 6.07) is 5.32. The molecule has 0 unspecified atom stereocenters. The molecule has 0 atom stereocenters. The molecule has 0 saturated carbocycles. The highest BCUT2D eigenvalue weighted by atomic mass is 35.5. The first-order valence-electron chi connectivity index (χ1n) is 4.57. The molecule has 16 heavy (non-hydrogen) atoms. The lowest BCUT2D eigenvalue weighted by molar-refractivity contribution is 0.921. The fraction of sp³-hybridized carbons (Fsp3) is 0.100. The van der Waals surface area contributed by atoms with Gasteiger partial charge in [0.05, 0.1) is 22.3 Å². The van der Waals surface area contributed by atoms with E-state index in [1.807, 2.05) is 12.1 Å². The monoisotopic (exact) mass is 254 g/mol. The van der Waals surface area contributed by atoms with Crippen LogP contribution in [0.5, 0.6) is 0 Å². The van der Waals surface area contributed by atoms with Crippen LogP contribution in [0.2, 0.25) is 10.0 Å². The van der Waals surface area contributed by atoms with Gasteiger partial charge in [-0.15, -0.1) is 0 Å². The Kier molecular flexibility index (Phi) is 3.54. The van der Waals surface area contributed by atoms with E-state index in [2.05, 4.69) is 20.5 Å². The molecule has 6 heteroatoms. The lowest BCUT2D eigenvalue weighted by Crippen LogP contribution is -2.04. The van der Waals surface area contributed by atoms with Gasteiger partial charge in [0.25, 0.3) is 0 Å². The molecule has 2 aromatic heterocycles. The number of hydrogen-bond donors (Lipinski definition) is 1. The number of anilines is 1. The molecule has 0 radical (unpaired) electrons. The summed E-state index contributed by atoms with van der Waals surface area (Å²) in [4.78, 5) is 4.07. The molecular formula is C10H8Cl2N4. The molecule has 2 rings (SSSR count). The number of aromatic nitrogens is 3. The van der Waals surface area contributed by atoms with Crippen LogP contribution in [0.4, 0.5) is 5.82 Å². The second kappa shape index (κ2) is 5.09. The van der Waals surface area contributed by atoms with Crippen molar-refractivity contribution in [2.45, 2.75) is 6.54 Å². The number of hydrogen-bond acceptors (Lipinski definition) is 4. The van der Waals surface area contributed by atoms with Gasteiger partial charge in [-0.1, -0.05) is 23.2 Å². The zero-order valence-electron chi connectivity index (χ0n) is 8.19. The maximum Gasteiger partial charge on any atom is 0.145 e. The zero-order valence-corrected chi connectivity index (χ0v) is 9.70. The molecule has 0 aliphatic carbocycles. The smallest absolute Gasteiger partial charge is 0.145 e. The summed E-state index contributed by atoms with van der Waals surface area (Å²) in [6.45, 7) is 0.516. The van der Waals surface area contributed by atoms with Gasteiger partial charge in [0.2, 0.25) is 0 Å². The lowest BCUT2D eigenvalue weighted by atomic mass is 10.4. The molecule has 4 nitrogen and oxygen atoms in total. The standard InChI is InChI=1S/C10H8Cl2N4/c11-7-4-9(12)10(13-5-7)14-6-8-2-1-3-15-16-8/h1-5H,6H2,(H,13,14). The Balaban J connectivity index is 2.05. The number of nitrogens with one attached hydrogen (secondary N) is 1. The molecule has 2 heterocycles. The summed E-state index contributed by atoms with van der Waals surface area (Å²) < 4.78 is 0. The van der Waals surface area contributed by atoms with Crippen LogP contribution < -0.4 is 5.32 Å². The molecule has 0 saturated heterocycles. The first-order chi connectivity index (χ1) is 7.75. The van der Waals surface area contributed by atoms with Crippen LogP contribution in [0.1, 0.15) is 5.69 Å². The van der Waals surface area contributed by atoms with E-state index in [1.165, 1.54) is 6.20 Å². The highest BCUT2D eigenvalue weighted by molar-refractivity contribution is 6.35. The SMILES string of the molecule is Clc1cnc(NCc2cccnn2)c(Cl)c1. The van der Waals surface area contributed by atoms with Crippen molar-refractivity contribution in [2.75, 3.05) is 5.32 Å². The van der Waals surface area contributed by atoms with Gasteiger partial charge in [0, 0.05) is 12.4 Å². The van der Waals surface area contributed by atoms with Gasteiger partial charge in [-0.05, 0) is 18.2 Å². The van der Waals surface area contributed by atoms with Crippen LogP contribution in [0.25, 0.3) is 0 Å². The molecule has 0 amide bonds. The lowest BCUT2D eigenvalue weighted by Gasteiger charge is -2.06. The molecule has 0 fully saturated rings. The minimum Gasteiger partial charge on any atom is -0.363 e. The van der Waals surface area contributed by atoms with Crippen LogP contribution in [0.15, 0.2) is 30.6 Å². The fourth-order valence-electron chi connectivity index (χ4n) is 1.15. The Hall–Kier alpha value is -1.39. The van der Waals surface area contributed by atoms with E-state index < -0.39 is 0 Å². The van der Waals surface area contributed by atoms with Crippen molar-refractivity contribution in [3.63, 3.8) is 0 Å². The van der Waals surface area contributed by atoms with Crippen LogP contribution in [-0.4, -0.2) is 15.2 Å². The molecule has 0 bridgehead atoms. The Bertz CT molecular complexity index is 476. The van der Waals surface area contributed by atoms with Gasteiger partial charge >= 0.3 is 0 Å². The second-order valence-corrected chi connectivity index (χ2v) is 3.90. The predicted octanol–water partition coefficient (Wildman–Crippen LogP) is 2.79. The third kappa shape index (κ3) is 2.81. The van der Waals surface area contributed by atoms with E-state index in [4.69, 9.17) is 23.2 Å². The number of halogens is 2. The maximum absolute atomic E-state index is 5.95. The van der Waals surface area contributed by atoms with E-state index in [0.29, 0.717) is 22.4 Å². The highest BCUT2D eigenvalue weighted by Gasteiger charge is 2.02. The van der Waals surface area contributed by atoms with Crippen molar-refractivity contribution in [1.29, 1.82) is 0 Å². The molecule has 2 aromatic rings. The third-order valence-electron chi connectivity index (χ3n) is 1.87. The summed E-state index contributed by atoms with van der Waals surface area (Å²) >= 11 is 11.7. The summed E-state index contributed by atoms with van der Waals surface area (Å²) in [5.74, 6) is 0.580. The number of nitrogens with zero attached hydrogens (tertiary/aromatic N) is 3. The number of pyridine rings is 1. The van der Waals surface area contributed by atoms with Gasteiger partial charge in [-0.2, -0.15) is 10.2 Å². The Morgan fingerprint density at radius 1 is 1.31 bits per heavy atom. The normalized spacial score (nSPS) is 10.1. The minimum absolute atomic E-state index is 0.483. The van der Waals surface area contributed by atoms with Crippen molar-refractivity contribution >= 4 is 29.0 Å². The second-order valence-electron chi connectivity index (χ2n) is 3.05. The van der Waals surface area contributed by atoms with Gasteiger partial charge in [0.1, 0.15) is 5.82 Å². The quantitative estimate of drug-likeness (QED) is 0.916. The summed E-state index contributed by atoms with van der Waals surface area (Å²) in [5.41, 5.74) is 0.815. The molecule has 0 aromatic carbocycles. The van der Waals surface area contributed by atoms with Crippen LogP contribution >= 0.6 is 23.2 Å². The van der Waals surface area contributed by atoms with Crippen molar-refractivity contribution < 1.29 is 0 Å². The molecular weight excluding hydrogens is 247 g/mol. The van der Waals surface area contributed by atoms with Crippen molar-refractivity contribution in [1.82, 2.24) is 15.2 Å². The van der Waals surface area contributed by atoms with E-state index in [-0.39, 0.29) is 0 Å². The highest BCUT2D eigenvalue weighted by Crippen LogP contribution is 2.22. The molecule has 0 aliphatic rings. The van der Waals surface area contributed by atoms with E-state index >= 15 is 0 Å². The first-order valence-corrected chi connectivity index (χ1v) is 5.33. The van der Waals surface area contributed by atoms with Gasteiger partial charge in [-0.25, -0.2) is 4.98 Å². The van der Waals surface area contributed by atoms with E-state index in [9.17, 15) is 0 Å². The Morgan fingerprint density at radius 3 is 2.88 bits per heavy atom. The maximum atomic E-state index is 5.95. The molecule has 0 aliphatic heterocycles. The third-order valence-corrected chi connectivity index (χ3v) is 2.37. The van der Waals surface area contributed by atoms with Crippen molar-refractivity contribution in [3.05, 3.63) is 46.3 Å². The average molecular weight is 255 g/mol. The summed E-state index contributed by atoms with van der Waals surface area (Å²) in [5, 5.41) is 11.7. The topological polar surface area (TPSA) is 50.7 Å². The Labute approximate surface area is 103 Å². The van der Waals surface area contributed by atoms with Crippen LogP contribution in [-0.2, 0) is 6.54 Å². The summed E-state index contributed by atoms with van der Waals surface area (Å²) in [7, 11) is 0. The average Bonchev–Trinajstić information content (AvgIpc) is 2.29. The van der Waals surface area contributed by atoms with E-state index in [1.54, 1.807) is 12.3 Å². The Morgan fingerprint density at radius 2 is 2.19 bits per heavy atom. The molecule has 82 valence electrons. The van der Waals surface area contributed by atoms with Gasteiger partial charge in [0.15, 0.2) is 0 Å². The number of rotatable bonds is 3. The minimum atomic E-state index is 0.483. The van der Waals surface area contributed by atoms with Crippen LogP contribution in [0.3, 0.4) is 0 Å². The molecule has 1 N–H and O–H groups in total. The van der Waals surface area contributed by atoms with E-state index in [0.717, 1.165) is 5.69 Å². The summed E-state index contributed by atoms with van der Waals surface area (Å²) in [6.07, 6.45) is 3.16. The van der Waals surface area contributed by atoms with Gasteiger partial charge < -0.3 is 5.32 Å². The molecule has 0 spiro atoms. The predicted molar refractivity (Wildman–Crippen MR) is 63.6 cm³/mol. The van der Waals surface area contributed by atoms with Gasteiger partial charge in [-0.3, -0.25) is 0 Å². The van der Waals surface area contributed by atoms with Crippen molar-refractivity contribution in [3.8, 4) is 0 Å². The largest absolute Gasteiger partial charge is 0.363 e. The zero-order chi connectivity index (χ0) is 11.4.